The van der Waals surface area contributed by atoms with Crippen molar-refractivity contribution in [2.45, 2.75) is 18.9 Å². The van der Waals surface area contributed by atoms with Crippen LogP contribution in [0.15, 0.2) is 24.3 Å². The van der Waals surface area contributed by atoms with Gasteiger partial charge >= 0.3 is 0 Å². The summed E-state index contributed by atoms with van der Waals surface area (Å²) >= 11 is 0. The molecule has 0 aliphatic carbocycles. The highest BCUT2D eigenvalue weighted by molar-refractivity contribution is 5.85. The molecule has 0 bridgehead atoms. The summed E-state index contributed by atoms with van der Waals surface area (Å²) in [6.45, 7) is 3.01. The van der Waals surface area contributed by atoms with Crippen LogP contribution in [0.25, 0.3) is 0 Å². The number of halogens is 4. The molecule has 2 rings (SSSR count). The van der Waals surface area contributed by atoms with Crippen LogP contribution in [0.1, 0.15) is 18.0 Å². The fourth-order valence-corrected chi connectivity index (χ4v) is 2.37. The molecule has 1 saturated heterocycles. The minimum Gasteiger partial charge on any atom is -0.314 e. The van der Waals surface area contributed by atoms with E-state index in [1.807, 2.05) is 4.90 Å². The van der Waals surface area contributed by atoms with E-state index in [2.05, 4.69) is 5.32 Å². The second kappa shape index (κ2) is 7.72. The third kappa shape index (κ3) is 4.67. The van der Waals surface area contributed by atoms with Gasteiger partial charge in [-0.1, -0.05) is 12.1 Å². The van der Waals surface area contributed by atoms with E-state index in [0.717, 1.165) is 13.1 Å². The Morgan fingerprint density at radius 1 is 1.21 bits per heavy atom. The Labute approximate surface area is 117 Å². The molecular weight excluding hydrogens is 277 g/mol. The molecule has 1 N–H and O–H groups in total. The number of piperazine rings is 1. The first-order valence-corrected chi connectivity index (χ1v) is 6.15. The number of hydrogen-bond acceptors (Lipinski definition) is 2. The quantitative estimate of drug-likeness (QED) is 0.919. The van der Waals surface area contributed by atoms with Crippen molar-refractivity contribution in [3.63, 3.8) is 0 Å². The monoisotopic (exact) mass is 294 g/mol. The largest absolute Gasteiger partial charge is 0.314 e. The summed E-state index contributed by atoms with van der Waals surface area (Å²) in [5.41, 5.74) is 0.636. The van der Waals surface area contributed by atoms with Gasteiger partial charge in [0.1, 0.15) is 5.82 Å². The van der Waals surface area contributed by atoms with E-state index >= 15 is 0 Å². The molecule has 1 aromatic carbocycles. The summed E-state index contributed by atoms with van der Waals surface area (Å²) in [4.78, 5) is 2.00. The highest BCUT2D eigenvalue weighted by atomic mass is 35.5. The maximum atomic E-state index is 13.2. The van der Waals surface area contributed by atoms with Gasteiger partial charge in [0, 0.05) is 38.6 Å². The molecule has 1 aromatic rings. The van der Waals surface area contributed by atoms with Crippen molar-refractivity contribution in [3.05, 3.63) is 35.6 Å². The van der Waals surface area contributed by atoms with Crippen molar-refractivity contribution in [2.24, 2.45) is 0 Å². The van der Waals surface area contributed by atoms with Crippen LogP contribution >= 0.6 is 12.4 Å². The molecule has 1 atom stereocenters. The molecule has 1 fully saturated rings. The smallest absolute Gasteiger partial charge is 0.240 e. The van der Waals surface area contributed by atoms with Crippen molar-refractivity contribution in [1.82, 2.24) is 10.2 Å². The lowest BCUT2D eigenvalue weighted by molar-refractivity contribution is 0.0738. The molecule has 0 spiro atoms. The van der Waals surface area contributed by atoms with Gasteiger partial charge in [-0.25, -0.2) is 13.2 Å². The van der Waals surface area contributed by atoms with Gasteiger partial charge in [0.05, 0.1) is 0 Å². The van der Waals surface area contributed by atoms with E-state index in [4.69, 9.17) is 0 Å². The first kappa shape index (κ1) is 16.3. The second-order valence-corrected chi connectivity index (χ2v) is 4.48. The molecule has 0 saturated carbocycles. The van der Waals surface area contributed by atoms with E-state index in [1.165, 1.54) is 12.1 Å². The van der Waals surface area contributed by atoms with Gasteiger partial charge in [0.15, 0.2) is 0 Å². The van der Waals surface area contributed by atoms with E-state index in [9.17, 15) is 13.2 Å². The third-order valence-corrected chi connectivity index (χ3v) is 3.23. The van der Waals surface area contributed by atoms with Gasteiger partial charge in [-0.3, -0.25) is 4.90 Å². The maximum Gasteiger partial charge on any atom is 0.240 e. The summed E-state index contributed by atoms with van der Waals surface area (Å²) in [6, 6.07) is 5.59. The predicted molar refractivity (Wildman–Crippen MR) is 71.5 cm³/mol. The van der Waals surface area contributed by atoms with Gasteiger partial charge in [-0.05, 0) is 17.7 Å². The van der Waals surface area contributed by atoms with Crippen LogP contribution in [-0.4, -0.2) is 37.5 Å². The number of nitrogens with zero attached hydrogens (tertiary/aromatic N) is 1. The van der Waals surface area contributed by atoms with Crippen LogP contribution in [-0.2, 0) is 0 Å². The number of hydrogen-bond donors (Lipinski definition) is 1. The molecule has 6 heteroatoms. The number of benzene rings is 1. The Balaban J connectivity index is 0.00000180. The lowest BCUT2D eigenvalue weighted by Gasteiger charge is -2.35. The van der Waals surface area contributed by atoms with Crippen LogP contribution in [0.5, 0.6) is 0 Å². The number of nitrogens with one attached hydrogen (secondary N) is 1. The third-order valence-electron chi connectivity index (χ3n) is 3.23. The molecule has 108 valence electrons. The van der Waals surface area contributed by atoms with Gasteiger partial charge in [-0.2, -0.15) is 0 Å². The van der Waals surface area contributed by atoms with E-state index in [-0.39, 0.29) is 24.6 Å². The molecule has 0 aromatic heterocycles. The van der Waals surface area contributed by atoms with Crippen molar-refractivity contribution in [1.29, 1.82) is 0 Å². The second-order valence-electron chi connectivity index (χ2n) is 4.48. The summed E-state index contributed by atoms with van der Waals surface area (Å²) in [5.74, 6) is -0.373. The number of rotatable bonds is 4. The summed E-state index contributed by atoms with van der Waals surface area (Å²) < 4.78 is 38.6. The summed E-state index contributed by atoms with van der Waals surface area (Å²) in [7, 11) is 0. The standard InChI is InChI=1S/C13H17F3N2.ClH/c14-11-3-1-2-10(8-11)12(9-13(15)16)18-6-4-17-5-7-18;/h1-3,8,12-13,17H,4-7,9H2;1H/t12-;/m0./s1. The highest BCUT2D eigenvalue weighted by Crippen LogP contribution is 2.27. The molecule has 1 heterocycles. The Morgan fingerprint density at radius 2 is 1.89 bits per heavy atom. The van der Waals surface area contributed by atoms with Crippen molar-refractivity contribution >= 4 is 12.4 Å². The average Bonchev–Trinajstić information content (AvgIpc) is 2.37. The fourth-order valence-electron chi connectivity index (χ4n) is 2.37. The molecule has 1 aliphatic heterocycles. The Morgan fingerprint density at radius 3 is 2.47 bits per heavy atom. The summed E-state index contributed by atoms with van der Waals surface area (Å²) in [5, 5.41) is 3.18. The van der Waals surface area contributed by atoms with E-state index < -0.39 is 12.5 Å². The highest BCUT2D eigenvalue weighted by Gasteiger charge is 2.25. The van der Waals surface area contributed by atoms with Gasteiger partial charge < -0.3 is 5.32 Å². The van der Waals surface area contributed by atoms with Crippen LogP contribution in [0.4, 0.5) is 13.2 Å². The average molecular weight is 295 g/mol. The lowest BCUT2D eigenvalue weighted by atomic mass is 10.0. The topological polar surface area (TPSA) is 15.3 Å². The van der Waals surface area contributed by atoms with E-state index in [1.54, 1.807) is 12.1 Å². The Kier molecular flexibility index (Phi) is 6.62. The van der Waals surface area contributed by atoms with Gasteiger partial charge in [0.25, 0.3) is 0 Å². The predicted octanol–water partition coefficient (Wildman–Crippen LogP) is 2.85. The SMILES string of the molecule is Cl.Fc1cccc([C@H](CC(F)F)N2CCNCC2)c1. The zero-order valence-corrected chi connectivity index (χ0v) is 11.3. The first-order chi connectivity index (χ1) is 8.66. The van der Waals surface area contributed by atoms with Crippen molar-refractivity contribution in [2.75, 3.05) is 26.2 Å². The molecule has 0 unspecified atom stereocenters. The molecule has 0 radical (unpaired) electrons. The molecule has 19 heavy (non-hydrogen) atoms. The zero-order valence-electron chi connectivity index (χ0n) is 10.5. The van der Waals surface area contributed by atoms with Crippen LogP contribution in [0.3, 0.4) is 0 Å². The van der Waals surface area contributed by atoms with Gasteiger partial charge in [-0.15, -0.1) is 12.4 Å². The minimum atomic E-state index is -2.38. The normalized spacial score (nSPS) is 18.1. The number of alkyl halides is 2. The van der Waals surface area contributed by atoms with Crippen LogP contribution in [0, 0.1) is 5.82 Å². The van der Waals surface area contributed by atoms with Crippen molar-refractivity contribution in [3.8, 4) is 0 Å². The summed E-state index contributed by atoms with van der Waals surface area (Å²) in [6.07, 6.45) is -2.63. The van der Waals surface area contributed by atoms with Gasteiger partial charge in [0.2, 0.25) is 6.43 Å². The molecular formula is C13H18ClF3N2. The van der Waals surface area contributed by atoms with Crippen molar-refractivity contribution < 1.29 is 13.2 Å². The first-order valence-electron chi connectivity index (χ1n) is 6.15. The van der Waals surface area contributed by atoms with E-state index in [0.29, 0.717) is 18.7 Å². The maximum absolute atomic E-state index is 13.2. The minimum absolute atomic E-state index is 0. The lowest BCUT2D eigenvalue weighted by Crippen LogP contribution is -2.45. The molecule has 0 amide bonds. The van der Waals surface area contributed by atoms with Crippen LogP contribution in [0.2, 0.25) is 0 Å². The Bertz CT molecular complexity index is 384. The molecule has 1 aliphatic rings. The zero-order chi connectivity index (χ0) is 13.0. The molecule has 2 nitrogen and oxygen atoms in total. The van der Waals surface area contributed by atoms with Crippen LogP contribution < -0.4 is 5.32 Å². The Hall–Kier alpha value is -0.780. The fraction of sp³-hybridized carbons (Fsp3) is 0.538.